The van der Waals surface area contributed by atoms with E-state index in [9.17, 15) is 16.8 Å². The Balaban J connectivity index is 1.78. The highest BCUT2D eigenvalue weighted by Crippen LogP contribution is 2.23. The van der Waals surface area contributed by atoms with Crippen LogP contribution in [0, 0.1) is 0 Å². The largest absolute Gasteiger partial charge is 0.335 e. The van der Waals surface area contributed by atoms with E-state index in [-0.39, 0.29) is 28.9 Å². The van der Waals surface area contributed by atoms with Gasteiger partial charge in [-0.05, 0) is 17.9 Å². The van der Waals surface area contributed by atoms with Crippen molar-refractivity contribution in [3.63, 3.8) is 0 Å². The van der Waals surface area contributed by atoms with E-state index >= 15 is 0 Å². The number of aromatic nitrogens is 2. The lowest BCUT2D eigenvalue weighted by atomic mass is 10.4. The number of imidazole rings is 1. The van der Waals surface area contributed by atoms with E-state index < -0.39 is 20.0 Å². The number of aromatic amines is 1. The Bertz CT molecular complexity index is 772. The van der Waals surface area contributed by atoms with Crippen LogP contribution in [-0.2, 0) is 20.0 Å². The van der Waals surface area contributed by atoms with Crippen molar-refractivity contribution < 1.29 is 16.8 Å². The molecule has 3 rings (SSSR count). The van der Waals surface area contributed by atoms with Crippen LogP contribution in [-0.4, -0.2) is 61.6 Å². The van der Waals surface area contributed by atoms with Gasteiger partial charge in [-0.1, -0.05) is 6.07 Å². The third kappa shape index (κ3) is 3.19. The zero-order valence-corrected chi connectivity index (χ0v) is 14.6. The van der Waals surface area contributed by atoms with Crippen LogP contribution in [0.5, 0.6) is 0 Å². The predicted octanol–water partition coefficient (Wildman–Crippen LogP) is 0.556. The molecule has 0 radical (unpaired) electrons. The number of hydrogen-bond donors (Lipinski definition) is 1. The van der Waals surface area contributed by atoms with Crippen molar-refractivity contribution in [2.24, 2.45) is 0 Å². The maximum absolute atomic E-state index is 12.5. The van der Waals surface area contributed by atoms with Crippen LogP contribution in [0.2, 0.25) is 0 Å². The van der Waals surface area contributed by atoms with Crippen molar-refractivity contribution in [2.45, 2.75) is 15.7 Å². The minimum atomic E-state index is -3.67. The first kappa shape index (κ1) is 16.6. The molecule has 1 aliphatic rings. The first-order valence-corrected chi connectivity index (χ1v) is 10.7. The standard InChI is InChI=1S/C12H16N4O4S3/c17-22(18,11-9-13-10-14-11)15-4-2-5-16(7-6-15)23(19,20)12-3-1-8-21-12/h1,3,8-10H,2,4-7H2,(H,13,14). The minimum Gasteiger partial charge on any atom is -0.335 e. The lowest BCUT2D eigenvalue weighted by molar-refractivity contribution is 0.404. The van der Waals surface area contributed by atoms with Gasteiger partial charge in [-0.15, -0.1) is 11.3 Å². The molecule has 1 N–H and O–H groups in total. The number of thiophene rings is 1. The van der Waals surface area contributed by atoms with Crippen molar-refractivity contribution in [3.05, 3.63) is 30.0 Å². The van der Waals surface area contributed by atoms with Gasteiger partial charge in [-0.3, -0.25) is 0 Å². The Morgan fingerprint density at radius 2 is 1.74 bits per heavy atom. The van der Waals surface area contributed by atoms with Crippen LogP contribution in [0.3, 0.4) is 0 Å². The van der Waals surface area contributed by atoms with Crippen LogP contribution in [0.4, 0.5) is 0 Å². The highest BCUT2D eigenvalue weighted by atomic mass is 32.2. The van der Waals surface area contributed by atoms with E-state index in [1.165, 1.54) is 21.1 Å². The molecule has 0 unspecified atom stereocenters. The number of H-pyrrole nitrogens is 1. The van der Waals surface area contributed by atoms with Gasteiger partial charge in [0.2, 0.25) is 0 Å². The number of hydrogen-bond acceptors (Lipinski definition) is 6. The molecule has 2 aromatic heterocycles. The fraction of sp³-hybridized carbons (Fsp3) is 0.417. The fourth-order valence-corrected chi connectivity index (χ4v) is 6.39. The van der Waals surface area contributed by atoms with Crippen LogP contribution in [0.1, 0.15) is 6.42 Å². The molecular weight excluding hydrogens is 360 g/mol. The zero-order valence-electron chi connectivity index (χ0n) is 12.1. The van der Waals surface area contributed by atoms with Gasteiger partial charge >= 0.3 is 0 Å². The summed E-state index contributed by atoms with van der Waals surface area (Å²) in [6, 6.07) is 3.24. The van der Waals surface area contributed by atoms with Gasteiger partial charge in [0.15, 0.2) is 5.03 Å². The maximum Gasteiger partial charge on any atom is 0.260 e. The summed E-state index contributed by atoms with van der Waals surface area (Å²) in [5, 5.41) is 1.73. The van der Waals surface area contributed by atoms with E-state index in [0.29, 0.717) is 13.0 Å². The second kappa shape index (κ2) is 6.32. The molecule has 1 fully saturated rings. The van der Waals surface area contributed by atoms with E-state index in [2.05, 4.69) is 9.97 Å². The molecular formula is C12H16N4O4S3. The van der Waals surface area contributed by atoms with E-state index in [1.807, 2.05) is 0 Å². The minimum absolute atomic E-state index is 0.0204. The lowest BCUT2D eigenvalue weighted by Gasteiger charge is -2.20. The predicted molar refractivity (Wildman–Crippen MR) is 85.0 cm³/mol. The van der Waals surface area contributed by atoms with E-state index in [4.69, 9.17) is 0 Å². The average molecular weight is 376 g/mol. The molecule has 23 heavy (non-hydrogen) atoms. The summed E-state index contributed by atoms with van der Waals surface area (Å²) in [5.41, 5.74) is 0. The van der Waals surface area contributed by atoms with Crippen molar-refractivity contribution in [1.29, 1.82) is 0 Å². The summed E-state index contributed by atoms with van der Waals surface area (Å²) >= 11 is 1.16. The smallest absolute Gasteiger partial charge is 0.260 e. The maximum atomic E-state index is 12.5. The molecule has 0 spiro atoms. The third-order valence-electron chi connectivity index (χ3n) is 3.59. The molecule has 8 nitrogen and oxygen atoms in total. The second-order valence-corrected chi connectivity index (χ2v) is 10.0. The van der Waals surface area contributed by atoms with Gasteiger partial charge in [0.05, 0.1) is 12.5 Å². The van der Waals surface area contributed by atoms with Gasteiger partial charge in [-0.2, -0.15) is 8.61 Å². The average Bonchev–Trinajstić information content (AvgIpc) is 3.16. The summed E-state index contributed by atoms with van der Waals surface area (Å²) in [7, 11) is -7.22. The molecule has 0 saturated carbocycles. The molecule has 11 heteroatoms. The molecule has 0 amide bonds. The Labute approximate surface area is 138 Å². The molecule has 0 aromatic carbocycles. The van der Waals surface area contributed by atoms with Crippen LogP contribution in [0.25, 0.3) is 0 Å². The zero-order chi connectivity index (χ0) is 16.5. The van der Waals surface area contributed by atoms with Crippen LogP contribution >= 0.6 is 11.3 Å². The van der Waals surface area contributed by atoms with E-state index in [1.54, 1.807) is 17.5 Å². The van der Waals surface area contributed by atoms with Crippen molar-refractivity contribution in [3.8, 4) is 0 Å². The molecule has 2 aromatic rings. The van der Waals surface area contributed by atoms with Crippen molar-refractivity contribution in [1.82, 2.24) is 18.6 Å². The number of sulfonamides is 2. The number of nitrogens with zero attached hydrogens (tertiary/aromatic N) is 3. The molecule has 0 aliphatic carbocycles. The number of nitrogens with one attached hydrogen (secondary N) is 1. The monoisotopic (exact) mass is 376 g/mol. The fourth-order valence-electron chi connectivity index (χ4n) is 2.41. The molecule has 1 aliphatic heterocycles. The Hall–Kier alpha value is -1.27. The molecule has 0 bridgehead atoms. The normalized spacial score (nSPS) is 18.8. The van der Waals surface area contributed by atoms with Gasteiger partial charge in [-0.25, -0.2) is 21.8 Å². The second-order valence-electron chi connectivity index (χ2n) is 5.01. The molecule has 126 valence electrons. The summed E-state index contributed by atoms with van der Waals surface area (Å²) in [6.45, 7) is 0.826. The van der Waals surface area contributed by atoms with E-state index in [0.717, 1.165) is 11.3 Å². The molecule has 0 atom stereocenters. The first-order valence-electron chi connectivity index (χ1n) is 6.94. The highest BCUT2D eigenvalue weighted by Gasteiger charge is 2.32. The first-order chi connectivity index (χ1) is 10.9. The third-order valence-corrected chi connectivity index (χ3v) is 8.69. The lowest BCUT2D eigenvalue weighted by Crippen LogP contribution is -2.37. The number of rotatable bonds is 4. The SMILES string of the molecule is O=S(=O)(c1cnc[nH]1)N1CCCN(S(=O)(=O)c2cccs2)CC1. The van der Waals surface area contributed by atoms with Gasteiger partial charge in [0.1, 0.15) is 4.21 Å². The Morgan fingerprint density at radius 1 is 1.04 bits per heavy atom. The van der Waals surface area contributed by atoms with Crippen molar-refractivity contribution >= 4 is 31.4 Å². The van der Waals surface area contributed by atoms with Crippen molar-refractivity contribution in [2.75, 3.05) is 26.2 Å². The summed E-state index contributed by atoms with van der Waals surface area (Å²) in [5.74, 6) is 0. The summed E-state index contributed by atoms with van der Waals surface area (Å²) in [4.78, 5) is 6.32. The summed E-state index contributed by atoms with van der Waals surface area (Å²) < 4.78 is 53.0. The Kier molecular flexibility index (Phi) is 4.56. The van der Waals surface area contributed by atoms with Crippen LogP contribution in [0.15, 0.2) is 39.3 Å². The Morgan fingerprint density at radius 3 is 2.30 bits per heavy atom. The van der Waals surface area contributed by atoms with Crippen LogP contribution < -0.4 is 0 Å². The molecule has 1 saturated heterocycles. The molecule has 3 heterocycles. The van der Waals surface area contributed by atoms with Gasteiger partial charge < -0.3 is 4.98 Å². The summed E-state index contributed by atoms with van der Waals surface area (Å²) in [6.07, 6.45) is 3.00. The van der Waals surface area contributed by atoms with Gasteiger partial charge in [0.25, 0.3) is 20.0 Å². The van der Waals surface area contributed by atoms with Gasteiger partial charge in [0, 0.05) is 26.2 Å². The quantitative estimate of drug-likeness (QED) is 0.840. The topological polar surface area (TPSA) is 103 Å². The highest BCUT2D eigenvalue weighted by molar-refractivity contribution is 7.91.